The Morgan fingerprint density at radius 3 is 2.78 bits per heavy atom. The molecule has 0 spiro atoms. The Bertz CT molecular complexity index is 543. The monoisotopic (exact) mass is 308 g/mol. The smallest absolute Gasteiger partial charge is 0.123 e. The van der Waals surface area contributed by atoms with Crippen molar-refractivity contribution in [1.29, 1.82) is 0 Å². The molecule has 0 fully saturated rings. The van der Waals surface area contributed by atoms with E-state index in [1.165, 1.54) is 17.7 Å². The molecule has 0 bridgehead atoms. The molecule has 0 unspecified atom stereocenters. The summed E-state index contributed by atoms with van der Waals surface area (Å²) < 4.78 is 14.0. The van der Waals surface area contributed by atoms with Gasteiger partial charge in [0, 0.05) is 30.0 Å². The van der Waals surface area contributed by atoms with Gasteiger partial charge < -0.3 is 5.32 Å². The maximum absolute atomic E-state index is 13.1. The highest BCUT2D eigenvalue weighted by Gasteiger charge is 2.02. The Labute approximate surface area is 114 Å². The van der Waals surface area contributed by atoms with E-state index in [0.717, 1.165) is 22.1 Å². The lowest BCUT2D eigenvalue weighted by Crippen LogP contribution is -2.14. The third kappa shape index (κ3) is 3.37. The predicted octanol–water partition coefficient (Wildman–Crippen LogP) is 3.58. The van der Waals surface area contributed by atoms with Crippen molar-refractivity contribution in [1.82, 2.24) is 10.3 Å². The fraction of sp³-hybridized carbons (Fsp3) is 0.214. The van der Waals surface area contributed by atoms with Gasteiger partial charge in [0.1, 0.15) is 5.82 Å². The van der Waals surface area contributed by atoms with Gasteiger partial charge in [-0.05, 0) is 47.9 Å². The van der Waals surface area contributed by atoms with Crippen LogP contribution in [0.15, 0.2) is 41.1 Å². The molecule has 0 aliphatic heterocycles. The molecule has 0 saturated heterocycles. The Hall–Kier alpha value is -1.26. The van der Waals surface area contributed by atoms with Crippen molar-refractivity contribution in [2.24, 2.45) is 0 Å². The number of hydrogen-bond acceptors (Lipinski definition) is 2. The fourth-order valence-corrected chi connectivity index (χ4v) is 2.10. The molecule has 0 atom stereocenters. The Morgan fingerprint density at radius 2 is 2.00 bits per heavy atom. The van der Waals surface area contributed by atoms with Crippen LogP contribution < -0.4 is 5.32 Å². The number of nitrogens with zero attached hydrogens (tertiary/aromatic N) is 1. The molecule has 0 amide bonds. The zero-order valence-corrected chi connectivity index (χ0v) is 11.7. The molecule has 2 nitrogen and oxygen atoms in total. The number of nitrogens with one attached hydrogen (secondary N) is 1. The molecule has 1 aromatic carbocycles. The highest BCUT2D eigenvalue weighted by Crippen LogP contribution is 2.17. The average Bonchev–Trinajstić information content (AvgIpc) is 2.36. The first-order valence-electron chi connectivity index (χ1n) is 5.71. The van der Waals surface area contributed by atoms with Gasteiger partial charge in [0.15, 0.2) is 0 Å². The summed E-state index contributed by atoms with van der Waals surface area (Å²) in [6.07, 6.45) is 3.62. The quantitative estimate of drug-likeness (QED) is 0.934. The summed E-state index contributed by atoms with van der Waals surface area (Å²) in [6, 6.07) is 6.70. The summed E-state index contributed by atoms with van der Waals surface area (Å²) in [7, 11) is 0. The second-order valence-electron chi connectivity index (χ2n) is 4.14. The summed E-state index contributed by atoms with van der Waals surface area (Å²) in [4.78, 5) is 4.05. The molecule has 0 saturated carbocycles. The minimum atomic E-state index is -0.213. The fourth-order valence-electron chi connectivity index (χ4n) is 1.71. The van der Waals surface area contributed by atoms with Crippen LogP contribution in [0, 0.1) is 12.7 Å². The zero-order valence-electron chi connectivity index (χ0n) is 10.1. The number of pyridine rings is 1. The minimum absolute atomic E-state index is 0.213. The maximum atomic E-state index is 13.1. The maximum Gasteiger partial charge on any atom is 0.123 e. The van der Waals surface area contributed by atoms with Crippen LogP contribution in [0.4, 0.5) is 4.39 Å². The van der Waals surface area contributed by atoms with E-state index in [1.54, 1.807) is 12.3 Å². The molecule has 0 aliphatic carbocycles. The molecule has 18 heavy (non-hydrogen) atoms. The van der Waals surface area contributed by atoms with E-state index in [1.807, 2.05) is 19.2 Å². The summed E-state index contributed by atoms with van der Waals surface area (Å²) in [6.45, 7) is 3.40. The highest BCUT2D eigenvalue weighted by atomic mass is 79.9. The zero-order chi connectivity index (χ0) is 13.0. The third-order valence-electron chi connectivity index (χ3n) is 2.78. The summed E-state index contributed by atoms with van der Waals surface area (Å²) in [5.74, 6) is -0.213. The molecule has 94 valence electrons. The van der Waals surface area contributed by atoms with Crippen LogP contribution in [0.25, 0.3) is 0 Å². The van der Waals surface area contributed by atoms with Crippen molar-refractivity contribution in [2.75, 3.05) is 0 Å². The van der Waals surface area contributed by atoms with Gasteiger partial charge in [0.05, 0.1) is 0 Å². The van der Waals surface area contributed by atoms with Crippen molar-refractivity contribution in [3.05, 3.63) is 63.6 Å². The van der Waals surface area contributed by atoms with Crippen LogP contribution >= 0.6 is 15.9 Å². The van der Waals surface area contributed by atoms with Gasteiger partial charge in [-0.15, -0.1) is 0 Å². The third-order valence-corrected chi connectivity index (χ3v) is 3.55. The van der Waals surface area contributed by atoms with Gasteiger partial charge in [0.25, 0.3) is 0 Å². The van der Waals surface area contributed by atoms with Crippen LogP contribution in [0.2, 0.25) is 0 Å². The van der Waals surface area contributed by atoms with Crippen molar-refractivity contribution in [3.63, 3.8) is 0 Å². The molecule has 1 N–H and O–H groups in total. The van der Waals surface area contributed by atoms with E-state index < -0.39 is 0 Å². The number of hydrogen-bond donors (Lipinski definition) is 1. The Balaban J connectivity index is 1.96. The average molecular weight is 309 g/mol. The molecule has 4 heteroatoms. The second kappa shape index (κ2) is 6.07. The summed E-state index contributed by atoms with van der Waals surface area (Å²) in [5, 5.41) is 3.30. The van der Waals surface area contributed by atoms with Crippen LogP contribution in [-0.4, -0.2) is 4.98 Å². The van der Waals surface area contributed by atoms with Crippen molar-refractivity contribution in [2.45, 2.75) is 20.0 Å². The number of aryl methyl sites for hydroxylation is 1. The van der Waals surface area contributed by atoms with Crippen LogP contribution in [0.3, 0.4) is 0 Å². The van der Waals surface area contributed by atoms with Crippen LogP contribution in [-0.2, 0) is 13.1 Å². The molecule has 2 aromatic rings. The Morgan fingerprint density at radius 1 is 1.22 bits per heavy atom. The van der Waals surface area contributed by atoms with E-state index >= 15 is 0 Å². The topological polar surface area (TPSA) is 24.9 Å². The van der Waals surface area contributed by atoms with Crippen molar-refractivity contribution < 1.29 is 4.39 Å². The molecule has 0 radical (unpaired) electrons. The molecule has 0 aliphatic rings. The summed E-state index contributed by atoms with van der Waals surface area (Å²) in [5.41, 5.74) is 3.28. The molecule has 2 rings (SSSR count). The summed E-state index contributed by atoms with van der Waals surface area (Å²) >= 11 is 3.41. The van der Waals surface area contributed by atoms with Crippen molar-refractivity contribution >= 4 is 15.9 Å². The molecule has 1 heterocycles. The normalized spacial score (nSPS) is 10.6. The second-order valence-corrected chi connectivity index (χ2v) is 5.00. The van der Waals surface area contributed by atoms with E-state index in [0.29, 0.717) is 6.54 Å². The van der Waals surface area contributed by atoms with Gasteiger partial charge in [-0.2, -0.15) is 0 Å². The number of aromatic nitrogens is 1. The van der Waals surface area contributed by atoms with E-state index in [4.69, 9.17) is 0 Å². The van der Waals surface area contributed by atoms with Gasteiger partial charge in [-0.25, -0.2) is 4.39 Å². The van der Waals surface area contributed by atoms with E-state index in [-0.39, 0.29) is 5.82 Å². The largest absolute Gasteiger partial charge is 0.309 e. The first-order chi connectivity index (χ1) is 8.66. The minimum Gasteiger partial charge on any atom is -0.309 e. The van der Waals surface area contributed by atoms with Gasteiger partial charge in [-0.3, -0.25) is 4.98 Å². The molecular weight excluding hydrogens is 295 g/mol. The van der Waals surface area contributed by atoms with Gasteiger partial charge in [-0.1, -0.05) is 15.9 Å². The van der Waals surface area contributed by atoms with Crippen LogP contribution in [0.1, 0.15) is 16.7 Å². The lowest BCUT2D eigenvalue weighted by Gasteiger charge is -2.08. The highest BCUT2D eigenvalue weighted by molar-refractivity contribution is 9.10. The number of halogens is 2. The van der Waals surface area contributed by atoms with E-state index in [2.05, 4.69) is 26.2 Å². The number of benzene rings is 1. The first kappa shape index (κ1) is 13.2. The van der Waals surface area contributed by atoms with Crippen molar-refractivity contribution in [3.8, 4) is 0 Å². The Kier molecular flexibility index (Phi) is 4.44. The van der Waals surface area contributed by atoms with Gasteiger partial charge >= 0.3 is 0 Å². The SMILES string of the molecule is Cc1cnccc1CNCc1cc(F)ccc1Br. The molecule has 1 aromatic heterocycles. The predicted molar refractivity (Wildman–Crippen MR) is 73.6 cm³/mol. The first-order valence-corrected chi connectivity index (χ1v) is 6.50. The lowest BCUT2D eigenvalue weighted by molar-refractivity contribution is 0.619. The van der Waals surface area contributed by atoms with E-state index in [9.17, 15) is 4.39 Å². The van der Waals surface area contributed by atoms with Crippen LogP contribution in [0.5, 0.6) is 0 Å². The van der Waals surface area contributed by atoms with Gasteiger partial charge in [0.2, 0.25) is 0 Å². The standard InChI is InChI=1S/C14H14BrFN2/c1-10-7-17-5-4-11(10)8-18-9-12-6-13(16)2-3-14(12)15/h2-7,18H,8-9H2,1H3. The molecular formula is C14H14BrFN2. The lowest BCUT2D eigenvalue weighted by atomic mass is 10.1. The number of rotatable bonds is 4.